The van der Waals surface area contributed by atoms with Gasteiger partial charge in [0.2, 0.25) is 0 Å². The quantitative estimate of drug-likeness (QED) is 0.222. The molecule has 1 aromatic heterocycles. The van der Waals surface area contributed by atoms with Crippen LogP contribution in [-0.2, 0) is 10.8 Å². The maximum absolute atomic E-state index is 2.65. The lowest BCUT2D eigenvalue weighted by molar-refractivity contribution is 0.487. The van der Waals surface area contributed by atoms with Crippen molar-refractivity contribution < 1.29 is 0 Å². The van der Waals surface area contributed by atoms with Crippen molar-refractivity contribution in [2.24, 2.45) is 0 Å². The molecule has 0 atom stereocenters. The average Bonchev–Trinajstić information content (AvgIpc) is 3.27. The van der Waals surface area contributed by atoms with E-state index in [-0.39, 0.29) is 18.8 Å². The third-order valence-corrected chi connectivity index (χ3v) is 13.4. The van der Waals surface area contributed by atoms with Gasteiger partial charge in [0.05, 0.1) is 16.7 Å². The maximum Gasteiger partial charge on any atom is 0.0541 e. The van der Waals surface area contributed by atoms with Gasteiger partial charge in [-0.1, -0.05) is 118 Å². The van der Waals surface area contributed by atoms with Crippen molar-refractivity contribution in [1.29, 1.82) is 0 Å². The lowest BCUT2D eigenvalue weighted by Gasteiger charge is -2.39. The Morgan fingerprint density at radius 1 is 0.575 bits per heavy atom. The second-order valence-electron chi connectivity index (χ2n) is 14.8. The van der Waals surface area contributed by atoms with Gasteiger partial charge in [-0.25, -0.2) is 0 Å². The predicted octanol–water partition coefficient (Wildman–Crippen LogP) is 11.2. The van der Waals surface area contributed by atoms with Crippen LogP contribution in [0.25, 0.3) is 27.5 Å². The normalized spacial score (nSPS) is 18.3. The molecule has 2 saturated carbocycles. The molecule has 2 heteroatoms. The summed E-state index contributed by atoms with van der Waals surface area (Å²) < 4.78 is 2.65. The van der Waals surface area contributed by atoms with Crippen LogP contribution >= 0.6 is 7.92 Å². The Bertz CT molecular complexity index is 1390. The number of hydrogen-bond donors (Lipinski definition) is 0. The van der Waals surface area contributed by atoms with E-state index in [0.29, 0.717) is 0 Å². The van der Waals surface area contributed by atoms with E-state index in [1.54, 1.807) is 5.30 Å². The zero-order valence-corrected chi connectivity index (χ0v) is 26.8. The first-order valence-corrected chi connectivity index (χ1v) is 17.6. The summed E-state index contributed by atoms with van der Waals surface area (Å²) in [6, 6.07) is 24.2. The molecule has 1 nitrogen and oxygen atoms in total. The molecule has 6 rings (SSSR count). The maximum atomic E-state index is 2.65. The Hall–Kier alpha value is -2.11. The summed E-state index contributed by atoms with van der Waals surface area (Å²) >= 11 is 0. The van der Waals surface area contributed by atoms with Crippen molar-refractivity contribution in [3.63, 3.8) is 0 Å². The average molecular weight is 552 g/mol. The fraction of sp³-hybridized carbons (Fsp3) is 0.526. The number of rotatable bonds is 4. The molecular formula is C38H50NP. The number of para-hydroxylation sites is 1. The Morgan fingerprint density at radius 3 is 1.48 bits per heavy atom. The van der Waals surface area contributed by atoms with Crippen molar-refractivity contribution in [2.75, 3.05) is 0 Å². The molecule has 2 fully saturated rings. The number of benzene rings is 3. The first-order valence-electron chi connectivity index (χ1n) is 16.1. The van der Waals surface area contributed by atoms with Crippen molar-refractivity contribution in [3.8, 4) is 5.69 Å². The fourth-order valence-electron chi connectivity index (χ4n) is 7.50. The molecule has 4 aromatic rings. The molecule has 0 saturated heterocycles. The number of hydrogen-bond acceptors (Lipinski definition) is 0. The highest BCUT2D eigenvalue weighted by molar-refractivity contribution is 7.67. The summed E-state index contributed by atoms with van der Waals surface area (Å²) in [5.41, 5.74) is 9.04. The standard InChI is InChI=1S/C38H50NP/c1-37(2,3)27-21-23-33-31(25-27)32-26-28(38(4,5)6)22-24-34(32)39(33)35-19-13-14-20-36(35)40(29-15-9-7-10-16-29)30-17-11-8-12-18-30/h13-14,19-26,29-30H,7-12,15-18H2,1-6H3. The van der Waals surface area contributed by atoms with Gasteiger partial charge in [-0.3, -0.25) is 0 Å². The molecule has 2 aliphatic carbocycles. The summed E-state index contributed by atoms with van der Waals surface area (Å²) in [4.78, 5) is 0. The van der Waals surface area contributed by atoms with Gasteiger partial charge >= 0.3 is 0 Å². The Labute approximate surface area is 244 Å². The SMILES string of the molecule is CC(C)(C)c1ccc2c(c1)c1cc(C(C)(C)C)ccc1n2-c1ccccc1P(C1CCCCC1)C1CCCCC1. The van der Waals surface area contributed by atoms with Crippen LogP contribution in [0, 0.1) is 0 Å². The molecule has 0 unspecified atom stereocenters. The summed E-state index contributed by atoms with van der Waals surface area (Å²) in [5.74, 6) is 0. The molecule has 0 aliphatic heterocycles. The van der Waals surface area contributed by atoms with Crippen LogP contribution < -0.4 is 5.30 Å². The molecule has 40 heavy (non-hydrogen) atoms. The van der Waals surface area contributed by atoms with Crippen molar-refractivity contribution >= 4 is 35.0 Å². The summed E-state index contributed by atoms with van der Waals surface area (Å²) in [5, 5.41) is 4.49. The minimum absolute atomic E-state index is 0.123. The predicted molar refractivity (Wildman–Crippen MR) is 178 cm³/mol. The molecule has 3 aromatic carbocycles. The topological polar surface area (TPSA) is 4.93 Å². The van der Waals surface area contributed by atoms with E-state index in [0.717, 1.165) is 11.3 Å². The number of fused-ring (bicyclic) bond motifs is 3. The zero-order chi connectivity index (χ0) is 28.1. The van der Waals surface area contributed by atoms with Gasteiger partial charge < -0.3 is 4.57 Å². The molecule has 0 N–H and O–H groups in total. The molecule has 0 bridgehead atoms. The van der Waals surface area contributed by atoms with Gasteiger partial charge in [-0.2, -0.15) is 0 Å². The van der Waals surface area contributed by atoms with E-state index in [1.807, 2.05) is 0 Å². The van der Waals surface area contributed by atoms with Gasteiger partial charge in [0.25, 0.3) is 0 Å². The van der Waals surface area contributed by atoms with E-state index in [9.17, 15) is 0 Å². The lowest BCUT2D eigenvalue weighted by atomic mass is 9.85. The van der Waals surface area contributed by atoms with Crippen LogP contribution in [0.5, 0.6) is 0 Å². The summed E-state index contributed by atoms with van der Waals surface area (Å²) in [7, 11) is -0.199. The van der Waals surface area contributed by atoms with Crippen LogP contribution in [0.2, 0.25) is 0 Å². The number of nitrogens with zero attached hydrogens (tertiary/aromatic N) is 1. The van der Waals surface area contributed by atoms with Crippen LogP contribution in [-0.4, -0.2) is 15.9 Å². The van der Waals surface area contributed by atoms with Gasteiger partial charge in [0, 0.05) is 16.1 Å². The van der Waals surface area contributed by atoms with Crippen LogP contribution in [0.1, 0.15) is 117 Å². The third kappa shape index (κ3) is 5.29. The largest absolute Gasteiger partial charge is 0.309 e. The molecule has 212 valence electrons. The van der Waals surface area contributed by atoms with Gasteiger partial charge in [-0.05, 0) is 89.3 Å². The third-order valence-electron chi connectivity index (χ3n) is 9.83. The van der Waals surface area contributed by atoms with E-state index in [4.69, 9.17) is 0 Å². The minimum Gasteiger partial charge on any atom is -0.309 e. The monoisotopic (exact) mass is 551 g/mol. The highest BCUT2D eigenvalue weighted by Crippen LogP contribution is 2.56. The molecule has 1 heterocycles. The fourth-order valence-corrected chi connectivity index (χ4v) is 11.4. The summed E-state index contributed by atoms with van der Waals surface area (Å²) in [6.45, 7) is 14.0. The first kappa shape index (κ1) is 28.0. The number of aromatic nitrogens is 1. The Kier molecular flexibility index (Phi) is 7.67. The van der Waals surface area contributed by atoms with E-state index in [2.05, 4.69) is 107 Å². The molecule has 0 radical (unpaired) electrons. The highest BCUT2D eigenvalue weighted by atomic mass is 31.1. The highest BCUT2D eigenvalue weighted by Gasteiger charge is 2.34. The molecule has 2 aliphatic rings. The van der Waals surface area contributed by atoms with Crippen molar-refractivity contribution in [2.45, 2.75) is 128 Å². The molecule has 0 amide bonds. The summed E-state index contributed by atoms with van der Waals surface area (Å²) in [6.07, 6.45) is 14.3. The minimum atomic E-state index is -0.199. The Balaban J connectivity index is 1.61. The lowest BCUT2D eigenvalue weighted by Crippen LogP contribution is -2.28. The van der Waals surface area contributed by atoms with Crippen LogP contribution in [0.4, 0.5) is 0 Å². The van der Waals surface area contributed by atoms with E-state index >= 15 is 0 Å². The van der Waals surface area contributed by atoms with E-state index in [1.165, 1.54) is 103 Å². The van der Waals surface area contributed by atoms with Gasteiger partial charge in [0.1, 0.15) is 0 Å². The Morgan fingerprint density at radius 2 is 1.02 bits per heavy atom. The zero-order valence-electron chi connectivity index (χ0n) is 25.9. The van der Waals surface area contributed by atoms with E-state index < -0.39 is 0 Å². The second kappa shape index (κ2) is 10.9. The molecular weight excluding hydrogens is 501 g/mol. The molecule has 0 spiro atoms. The smallest absolute Gasteiger partial charge is 0.0541 e. The van der Waals surface area contributed by atoms with Crippen molar-refractivity contribution in [1.82, 2.24) is 4.57 Å². The second-order valence-corrected chi connectivity index (χ2v) is 17.5. The first-order chi connectivity index (χ1) is 19.1. The van der Waals surface area contributed by atoms with Crippen LogP contribution in [0.3, 0.4) is 0 Å². The van der Waals surface area contributed by atoms with Crippen molar-refractivity contribution in [3.05, 3.63) is 71.8 Å². The van der Waals surface area contributed by atoms with Gasteiger partial charge in [0.15, 0.2) is 0 Å². The van der Waals surface area contributed by atoms with Crippen LogP contribution in [0.15, 0.2) is 60.7 Å². The van der Waals surface area contributed by atoms with Gasteiger partial charge in [-0.15, -0.1) is 0 Å².